The Balaban J connectivity index is 1.58. The number of fused-ring (bicyclic) bond motifs is 1. The van der Waals surface area contributed by atoms with Crippen molar-refractivity contribution in [2.75, 3.05) is 5.32 Å². The van der Waals surface area contributed by atoms with Gasteiger partial charge in [0.15, 0.2) is 5.76 Å². The smallest absolute Gasteiger partial charge is 0.291 e. The van der Waals surface area contributed by atoms with Crippen LogP contribution in [0.15, 0.2) is 56.5 Å². The van der Waals surface area contributed by atoms with Gasteiger partial charge in [0.1, 0.15) is 11.6 Å². The second kappa shape index (κ2) is 9.08. The first-order valence-corrected chi connectivity index (χ1v) is 11.0. The predicted molar refractivity (Wildman–Crippen MR) is 124 cm³/mol. The maximum Gasteiger partial charge on any atom is 0.291 e. The first-order chi connectivity index (χ1) is 15.3. The molecular weight excluding hydrogens is 477 g/mol. The van der Waals surface area contributed by atoms with Crippen LogP contribution in [0.5, 0.6) is 0 Å². The molecule has 8 heteroatoms. The van der Waals surface area contributed by atoms with Gasteiger partial charge < -0.3 is 9.73 Å². The van der Waals surface area contributed by atoms with Gasteiger partial charge in [-0.1, -0.05) is 18.2 Å². The van der Waals surface area contributed by atoms with Gasteiger partial charge in [-0.25, -0.2) is 9.82 Å². The number of hydrogen-bond acceptors (Lipinski definition) is 4. The van der Waals surface area contributed by atoms with Gasteiger partial charge in [0.25, 0.3) is 11.8 Å². The Kier molecular flexibility index (Phi) is 6.23. The average Bonchev–Trinajstić information content (AvgIpc) is 3.11. The Bertz CT molecular complexity index is 1250. The fourth-order valence-electron chi connectivity index (χ4n) is 3.72. The summed E-state index contributed by atoms with van der Waals surface area (Å²) >= 11 is 3.46. The van der Waals surface area contributed by atoms with Gasteiger partial charge in [-0.15, -0.1) is 0 Å². The van der Waals surface area contributed by atoms with Gasteiger partial charge in [-0.3, -0.25) is 9.59 Å². The van der Waals surface area contributed by atoms with Crippen LogP contribution in [0.1, 0.15) is 56.2 Å². The maximum absolute atomic E-state index is 13.9. The molecule has 1 aromatic heterocycles. The van der Waals surface area contributed by atoms with Crippen LogP contribution in [0.4, 0.5) is 10.1 Å². The summed E-state index contributed by atoms with van der Waals surface area (Å²) in [5, 5.41) is 7.10. The summed E-state index contributed by atoms with van der Waals surface area (Å²) < 4.78 is 20.5. The highest BCUT2D eigenvalue weighted by molar-refractivity contribution is 9.10. The van der Waals surface area contributed by atoms with E-state index >= 15 is 0 Å². The van der Waals surface area contributed by atoms with Crippen molar-refractivity contribution in [3.05, 3.63) is 86.5 Å². The molecule has 2 aromatic carbocycles. The molecule has 32 heavy (non-hydrogen) atoms. The zero-order valence-electron chi connectivity index (χ0n) is 17.6. The van der Waals surface area contributed by atoms with Crippen molar-refractivity contribution >= 4 is 39.1 Å². The Labute approximate surface area is 193 Å². The van der Waals surface area contributed by atoms with E-state index in [1.165, 1.54) is 18.2 Å². The molecule has 0 fully saturated rings. The van der Waals surface area contributed by atoms with E-state index in [0.29, 0.717) is 35.6 Å². The van der Waals surface area contributed by atoms with Crippen molar-refractivity contribution in [2.24, 2.45) is 5.10 Å². The van der Waals surface area contributed by atoms with Gasteiger partial charge >= 0.3 is 0 Å². The van der Waals surface area contributed by atoms with Crippen molar-refractivity contribution in [3.63, 3.8) is 0 Å². The third-order valence-electron chi connectivity index (χ3n) is 5.32. The Morgan fingerprint density at radius 3 is 2.62 bits per heavy atom. The maximum atomic E-state index is 13.9. The molecule has 2 N–H and O–H groups in total. The quantitative estimate of drug-likeness (QED) is 0.465. The van der Waals surface area contributed by atoms with E-state index in [2.05, 4.69) is 31.8 Å². The van der Waals surface area contributed by atoms with Crippen LogP contribution in [0, 0.1) is 19.7 Å². The number of nitrogens with zero attached hydrogens (tertiary/aromatic N) is 1. The molecule has 3 aromatic rings. The molecule has 0 unspecified atom stereocenters. The highest BCUT2D eigenvalue weighted by Crippen LogP contribution is 2.31. The number of carbonyl (C=O) groups is 2. The number of carbonyl (C=O) groups excluding carboxylic acids is 2. The monoisotopic (exact) mass is 497 g/mol. The number of benzene rings is 2. The second-order valence-corrected chi connectivity index (χ2v) is 8.48. The fourth-order valence-corrected chi connectivity index (χ4v) is 4.31. The van der Waals surface area contributed by atoms with Crippen molar-refractivity contribution < 1.29 is 18.4 Å². The normalized spacial score (nSPS) is 14.2. The average molecular weight is 498 g/mol. The minimum absolute atomic E-state index is 0.0828. The predicted octanol–water partition coefficient (Wildman–Crippen LogP) is 5.52. The van der Waals surface area contributed by atoms with Crippen LogP contribution in [-0.4, -0.2) is 17.5 Å². The molecule has 1 aliphatic carbocycles. The number of amides is 2. The summed E-state index contributed by atoms with van der Waals surface area (Å²) in [6, 6.07) is 11.4. The third kappa shape index (κ3) is 4.36. The van der Waals surface area contributed by atoms with Gasteiger partial charge in [0.2, 0.25) is 0 Å². The lowest BCUT2D eigenvalue weighted by Gasteiger charge is -2.13. The van der Waals surface area contributed by atoms with Crippen molar-refractivity contribution in [3.8, 4) is 0 Å². The first-order valence-electron chi connectivity index (χ1n) is 10.2. The minimum Gasteiger partial charge on any atom is -0.455 e. The van der Waals surface area contributed by atoms with Gasteiger partial charge in [-0.2, -0.15) is 5.10 Å². The van der Waals surface area contributed by atoms with E-state index in [0.717, 1.165) is 22.0 Å². The molecule has 0 radical (unpaired) electrons. The number of halogens is 2. The number of nitrogens with one attached hydrogen (secondary N) is 2. The molecule has 0 saturated carbocycles. The topological polar surface area (TPSA) is 83.7 Å². The SMILES string of the molecule is Cc1ccc(NC(=O)c2oc3c(c2C)/C(=N/NC(=O)c2ccccc2F)CCC3)c(Br)c1. The Morgan fingerprint density at radius 1 is 1.09 bits per heavy atom. The summed E-state index contributed by atoms with van der Waals surface area (Å²) in [5.74, 6) is -0.754. The summed E-state index contributed by atoms with van der Waals surface area (Å²) in [4.78, 5) is 25.2. The molecule has 1 heterocycles. The molecular formula is C24H21BrFN3O3. The highest BCUT2D eigenvalue weighted by Gasteiger charge is 2.28. The van der Waals surface area contributed by atoms with E-state index in [9.17, 15) is 14.0 Å². The minimum atomic E-state index is -0.633. The van der Waals surface area contributed by atoms with Gasteiger partial charge in [0, 0.05) is 22.0 Å². The molecule has 0 atom stereocenters. The molecule has 0 aliphatic heterocycles. The zero-order chi connectivity index (χ0) is 22.8. The molecule has 2 amide bonds. The highest BCUT2D eigenvalue weighted by atomic mass is 79.9. The van der Waals surface area contributed by atoms with E-state index in [1.54, 1.807) is 13.0 Å². The standard InChI is InChI=1S/C24H21BrFN3O3/c1-13-10-11-18(16(25)12-13)27-24(31)22-14(2)21-19(8-5-9-20(21)32-22)28-29-23(30)15-6-3-4-7-17(15)26/h3-4,6-7,10-12H,5,8-9H2,1-2H3,(H,27,31)(H,29,30)/b28-19+. The zero-order valence-corrected chi connectivity index (χ0v) is 19.2. The molecule has 4 rings (SSSR count). The summed E-state index contributed by atoms with van der Waals surface area (Å²) in [5.41, 5.74) is 6.03. The number of aryl methyl sites for hydroxylation is 2. The van der Waals surface area contributed by atoms with Crippen molar-refractivity contribution in [2.45, 2.75) is 33.1 Å². The lowest BCUT2D eigenvalue weighted by atomic mass is 9.93. The van der Waals surface area contributed by atoms with Crippen LogP contribution in [-0.2, 0) is 6.42 Å². The lowest BCUT2D eigenvalue weighted by Crippen LogP contribution is -2.23. The summed E-state index contributed by atoms with van der Waals surface area (Å²) in [7, 11) is 0. The molecule has 6 nitrogen and oxygen atoms in total. The molecule has 0 spiro atoms. The fraction of sp³-hybridized carbons (Fsp3) is 0.208. The van der Waals surface area contributed by atoms with Crippen molar-refractivity contribution in [1.82, 2.24) is 5.43 Å². The van der Waals surface area contributed by atoms with Gasteiger partial charge in [0.05, 0.1) is 17.0 Å². The Morgan fingerprint density at radius 2 is 1.88 bits per heavy atom. The van der Waals surface area contributed by atoms with Crippen LogP contribution in [0.2, 0.25) is 0 Å². The van der Waals surface area contributed by atoms with Crippen LogP contribution in [0.25, 0.3) is 0 Å². The van der Waals surface area contributed by atoms with E-state index in [-0.39, 0.29) is 17.2 Å². The van der Waals surface area contributed by atoms with Crippen LogP contribution in [0.3, 0.4) is 0 Å². The molecule has 164 valence electrons. The van der Waals surface area contributed by atoms with Crippen LogP contribution >= 0.6 is 15.9 Å². The number of hydrazone groups is 1. The number of rotatable bonds is 4. The Hall–Kier alpha value is -3.26. The van der Waals surface area contributed by atoms with E-state index in [1.807, 2.05) is 25.1 Å². The van der Waals surface area contributed by atoms with Gasteiger partial charge in [-0.05, 0) is 72.4 Å². The van der Waals surface area contributed by atoms with E-state index < -0.39 is 11.7 Å². The summed E-state index contributed by atoms with van der Waals surface area (Å²) in [6.07, 6.45) is 2.03. The number of anilines is 1. The van der Waals surface area contributed by atoms with Crippen LogP contribution < -0.4 is 10.7 Å². The second-order valence-electron chi connectivity index (χ2n) is 7.62. The van der Waals surface area contributed by atoms with E-state index in [4.69, 9.17) is 4.42 Å². The molecule has 0 bridgehead atoms. The summed E-state index contributed by atoms with van der Waals surface area (Å²) in [6.45, 7) is 3.76. The third-order valence-corrected chi connectivity index (χ3v) is 5.97. The largest absolute Gasteiger partial charge is 0.455 e. The number of hydrogen-bond donors (Lipinski definition) is 2. The van der Waals surface area contributed by atoms with Crippen molar-refractivity contribution in [1.29, 1.82) is 0 Å². The molecule has 1 aliphatic rings. The lowest BCUT2D eigenvalue weighted by molar-refractivity contribution is 0.0949. The molecule has 0 saturated heterocycles. The first kappa shape index (κ1) is 22.0. The number of furan rings is 1.